The van der Waals surface area contributed by atoms with E-state index < -0.39 is 0 Å². The Labute approximate surface area is 117 Å². The molecule has 0 spiro atoms. The normalized spacial score (nSPS) is 16.3. The van der Waals surface area contributed by atoms with E-state index in [4.69, 9.17) is 11.6 Å². The summed E-state index contributed by atoms with van der Waals surface area (Å²) in [6, 6.07) is 3.93. The van der Waals surface area contributed by atoms with Crippen LogP contribution in [-0.4, -0.2) is 42.4 Å². The third-order valence-electron chi connectivity index (χ3n) is 3.17. The van der Waals surface area contributed by atoms with Gasteiger partial charge in [-0.3, -0.25) is 9.69 Å². The van der Waals surface area contributed by atoms with E-state index in [0.29, 0.717) is 6.54 Å². The summed E-state index contributed by atoms with van der Waals surface area (Å²) >= 11 is 7.47. The predicted octanol–water partition coefficient (Wildman–Crippen LogP) is 2.85. The third-order valence-corrected chi connectivity index (χ3v) is 4.38. The highest BCUT2D eigenvalue weighted by Crippen LogP contribution is 2.22. The minimum atomic E-state index is 0.250. The fourth-order valence-corrected chi connectivity index (χ4v) is 3.40. The fraction of sp³-hybridized carbons (Fsp3) is 0.615. The van der Waals surface area contributed by atoms with Gasteiger partial charge in [-0.25, -0.2) is 0 Å². The van der Waals surface area contributed by atoms with Crippen molar-refractivity contribution in [3.05, 3.63) is 21.3 Å². The summed E-state index contributed by atoms with van der Waals surface area (Å²) in [7, 11) is 1.98. The topological polar surface area (TPSA) is 23.6 Å². The monoisotopic (exact) mass is 286 g/mol. The third kappa shape index (κ3) is 3.97. The number of halogens is 1. The molecule has 2 rings (SSSR count). The molecule has 1 amide bonds. The van der Waals surface area contributed by atoms with E-state index in [1.165, 1.54) is 11.3 Å². The van der Waals surface area contributed by atoms with Crippen LogP contribution in [0.15, 0.2) is 12.1 Å². The Kier molecular flexibility index (Phi) is 5.03. The smallest absolute Gasteiger partial charge is 0.236 e. The van der Waals surface area contributed by atoms with Crippen molar-refractivity contribution in [2.24, 2.45) is 0 Å². The molecular formula is C13H19ClN2OS. The van der Waals surface area contributed by atoms with Crippen molar-refractivity contribution >= 4 is 28.8 Å². The summed E-state index contributed by atoms with van der Waals surface area (Å²) in [6.07, 6.45) is 3.55. The highest BCUT2D eigenvalue weighted by atomic mass is 35.5. The molecule has 0 aromatic carbocycles. The quantitative estimate of drug-likeness (QED) is 0.850. The van der Waals surface area contributed by atoms with Gasteiger partial charge in [0, 0.05) is 24.5 Å². The van der Waals surface area contributed by atoms with Gasteiger partial charge in [-0.2, -0.15) is 0 Å². The van der Waals surface area contributed by atoms with E-state index >= 15 is 0 Å². The molecule has 1 aliphatic heterocycles. The Morgan fingerprint density at radius 1 is 1.39 bits per heavy atom. The Morgan fingerprint density at radius 2 is 2.11 bits per heavy atom. The van der Waals surface area contributed by atoms with Crippen LogP contribution in [0.25, 0.3) is 0 Å². The second-order valence-corrected chi connectivity index (χ2v) is 6.62. The van der Waals surface area contributed by atoms with E-state index in [2.05, 4.69) is 4.90 Å². The van der Waals surface area contributed by atoms with Crippen molar-refractivity contribution in [1.29, 1.82) is 0 Å². The Hall–Kier alpha value is -0.580. The number of nitrogens with zero attached hydrogens (tertiary/aromatic N) is 2. The van der Waals surface area contributed by atoms with Crippen LogP contribution in [0.4, 0.5) is 0 Å². The van der Waals surface area contributed by atoms with Gasteiger partial charge >= 0.3 is 0 Å². The molecule has 3 nitrogen and oxygen atoms in total. The number of thiophene rings is 1. The molecule has 5 heteroatoms. The van der Waals surface area contributed by atoms with Crippen molar-refractivity contribution < 1.29 is 4.79 Å². The Balaban J connectivity index is 1.79. The fourth-order valence-electron chi connectivity index (χ4n) is 2.23. The lowest BCUT2D eigenvalue weighted by molar-refractivity contribution is -0.133. The molecule has 1 saturated heterocycles. The maximum Gasteiger partial charge on any atom is 0.236 e. The first kappa shape index (κ1) is 13.8. The molecule has 1 aromatic heterocycles. The Bertz CT molecular complexity index is 401. The van der Waals surface area contributed by atoms with Crippen LogP contribution in [0, 0.1) is 0 Å². The van der Waals surface area contributed by atoms with Crippen molar-refractivity contribution in [2.45, 2.75) is 25.8 Å². The SMILES string of the molecule is CN(CC(=O)N1CCCCC1)Cc1ccc(Cl)s1. The minimum Gasteiger partial charge on any atom is -0.342 e. The van der Waals surface area contributed by atoms with Gasteiger partial charge in [0.05, 0.1) is 10.9 Å². The second kappa shape index (κ2) is 6.55. The van der Waals surface area contributed by atoms with Crippen molar-refractivity contribution in [1.82, 2.24) is 9.80 Å². The van der Waals surface area contributed by atoms with Gasteiger partial charge in [0.15, 0.2) is 0 Å². The average Bonchev–Trinajstić information content (AvgIpc) is 2.75. The van der Waals surface area contributed by atoms with E-state index in [0.717, 1.165) is 36.8 Å². The molecule has 1 fully saturated rings. The molecule has 0 radical (unpaired) electrons. The van der Waals surface area contributed by atoms with Gasteiger partial charge in [-0.15, -0.1) is 11.3 Å². The zero-order valence-electron chi connectivity index (χ0n) is 10.7. The van der Waals surface area contributed by atoms with Gasteiger partial charge in [0.25, 0.3) is 0 Å². The van der Waals surface area contributed by atoms with Gasteiger partial charge in [0.2, 0.25) is 5.91 Å². The largest absolute Gasteiger partial charge is 0.342 e. The maximum atomic E-state index is 12.1. The van der Waals surface area contributed by atoms with Crippen LogP contribution in [0.3, 0.4) is 0 Å². The average molecular weight is 287 g/mol. The van der Waals surface area contributed by atoms with E-state index in [1.807, 2.05) is 24.1 Å². The van der Waals surface area contributed by atoms with Crippen LogP contribution >= 0.6 is 22.9 Å². The number of likely N-dealkylation sites (tertiary alicyclic amines) is 1. The number of amides is 1. The van der Waals surface area contributed by atoms with Gasteiger partial charge in [0.1, 0.15) is 0 Å². The highest BCUT2D eigenvalue weighted by Gasteiger charge is 2.17. The molecule has 0 N–H and O–H groups in total. The zero-order chi connectivity index (χ0) is 13.0. The summed E-state index contributed by atoms with van der Waals surface area (Å²) in [4.78, 5) is 17.3. The van der Waals surface area contributed by atoms with E-state index in [1.54, 1.807) is 11.3 Å². The maximum absolute atomic E-state index is 12.1. The predicted molar refractivity (Wildman–Crippen MR) is 76.1 cm³/mol. The first-order valence-electron chi connectivity index (χ1n) is 6.35. The number of hydrogen-bond acceptors (Lipinski definition) is 3. The number of hydrogen-bond donors (Lipinski definition) is 0. The number of rotatable bonds is 4. The summed E-state index contributed by atoms with van der Waals surface area (Å²) < 4.78 is 0.806. The van der Waals surface area contributed by atoms with E-state index in [-0.39, 0.29) is 5.91 Å². The van der Waals surface area contributed by atoms with Crippen LogP contribution in [0.1, 0.15) is 24.1 Å². The van der Waals surface area contributed by atoms with Crippen LogP contribution < -0.4 is 0 Å². The molecule has 0 aliphatic carbocycles. The van der Waals surface area contributed by atoms with Crippen LogP contribution in [0.5, 0.6) is 0 Å². The first-order chi connectivity index (χ1) is 8.65. The lowest BCUT2D eigenvalue weighted by Gasteiger charge is -2.28. The molecule has 100 valence electrons. The molecule has 1 aromatic rings. The Morgan fingerprint density at radius 3 is 2.72 bits per heavy atom. The minimum absolute atomic E-state index is 0.250. The summed E-state index contributed by atoms with van der Waals surface area (Å²) in [5.41, 5.74) is 0. The lowest BCUT2D eigenvalue weighted by atomic mass is 10.1. The highest BCUT2D eigenvalue weighted by molar-refractivity contribution is 7.16. The van der Waals surface area contributed by atoms with Crippen LogP contribution in [-0.2, 0) is 11.3 Å². The summed E-state index contributed by atoms with van der Waals surface area (Å²) in [5.74, 6) is 0.250. The van der Waals surface area contributed by atoms with Crippen LogP contribution in [0.2, 0.25) is 4.34 Å². The second-order valence-electron chi connectivity index (χ2n) is 4.82. The van der Waals surface area contributed by atoms with Gasteiger partial charge < -0.3 is 4.90 Å². The number of carbonyl (C=O) groups excluding carboxylic acids is 1. The first-order valence-corrected chi connectivity index (χ1v) is 7.55. The van der Waals surface area contributed by atoms with Crippen molar-refractivity contribution in [3.63, 3.8) is 0 Å². The molecular weight excluding hydrogens is 268 g/mol. The molecule has 2 heterocycles. The van der Waals surface area contributed by atoms with Gasteiger partial charge in [-0.05, 0) is 38.4 Å². The molecule has 18 heavy (non-hydrogen) atoms. The molecule has 0 atom stereocenters. The lowest BCUT2D eigenvalue weighted by Crippen LogP contribution is -2.41. The number of likely N-dealkylation sites (N-methyl/N-ethyl adjacent to an activating group) is 1. The van der Waals surface area contributed by atoms with Crippen molar-refractivity contribution in [3.8, 4) is 0 Å². The molecule has 0 bridgehead atoms. The number of carbonyl (C=O) groups is 1. The zero-order valence-corrected chi connectivity index (χ0v) is 12.3. The van der Waals surface area contributed by atoms with Gasteiger partial charge in [-0.1, -0.05) is 11.6 Å². The standard InChI is InChI=1S/C13H19ClN2OS/c1-15(9-11-5-6-12(14)18-11)10-13(17)16-7-3-2-4-8-16/h5-6H,2-4,7-10H2,1H3. The van der Waals surface area contributed by atoms with E-state index in [9.17, 15) is 4.79 Å². The molecule has 0 saturated carbocycles. The number of piperidine rings is 1. The van der Waals surface area contributed by atoms with Crippen molar-refractivity contribution in [2.75, 3.05) is 26.7 Å². The molecule has 1 aliphatic rings. The summed E-state index contributed by atoms with van der Waals surface area (Å²) in [5, 5.41) is 0. The summed E-state index contributed by atoms with van der Waals surface area (Å²) in [6.45, 7) is 3.14. The molecule has 0 unspecified atom stereocenters.